The van der Waals surface area contributed by atoms with Gasteiger partial charge in [-0.25, -0.2) is 14.5 Å². The first-order valence-corrected chi connectivity index (χ1v) is 8.18. The number of aromatic amines is 1. The summed E-state index contributed by atoms with van der Waals surface area (Å²) in [6, 6.07) is 11.3. The van der Waals surface area contributed by atoms with E-state index in [9.17, 15) is 23.1 Å². The second kappa shape index (κ2) is 6.86. The molecule has 0 spiro atoms. The summed E-state index contributed by atoms with van der Waals surface area (Å²) in [5, 5.41) is 16.5. The van der Waals surface area contributed by atoms with E-state index in [1.54, 1.807) is 41.5 Å². The average Bonchev–Trinajstić information content (AvgIpc) is 3.18. The second-order valence-electron chi connectivity index (χ2n) is 5.85. The van der Waals surface area contributed by atoms with Gasteiger partial charge in [0.1, 0.15) is 5.82 Å². The lowest BCUT2D eigenvalue weighted by Gasteiger charge is -2.12. The van der Waals surface area contributed by atoms with Crippen LogP contribution in [0.2, 0.25) is 0 Å². The zero-order valence-corrected chi connectivity index (χ0v) is 14.4. The van der Waals surface area contributed by atoms with Gasteiger partial charge in [0.25, 0.3) is 11.5 Å². The third kappa shape index (κ3) is 3.33. The molecule has 0 radical (unpaired) electrons. The van der Waals surface area contributed by atoms with Gasteiger partial charge in [-0.2, -0.15) is 18.2 Å². The molecule has 4 rings (SSSR count). The molecule has 0 unspecified atom stereocenters. The van der Waals surface area contributed by atoms with Crippen molar-refractivity contribution in [2.45, 2.75) is 6.18 Å². The first kappa shape index (κ1) is 18.3. The van der Waals surface area contributed by atoms with Crippen LogP contribution in [-0.4, -0.2) is 36.1 Å². The number of nitrogens with one attached hydrogen (secondary N) is 1. The van der Waals surface area contributed by atoms with Gasteiger partial charge in [-0.1, -0.05) is 24.3 Å². The Morgan fingerprint density at radius 1 is 1.10 bits per heavy atom. The Hall–Kier alpha value is -4.02. The molecule has 4 aromatic rings. The van der Waals surface area contributed by atoms with Gasteiger partial charge in [-0.3, -0.25) is 9.89 Å². The molecule has 29 heavy (non-hydrogen) atoms. The Labute approximate surface area is 160 Å². The summed E-state index contributed by atoms with van der Waals surface area (Å²) >= 11 is 0. The minimum atomic E-state index is -4.69. The van der Waals surface area contributed by atoms with Crippen molar-refractivity contribution in [2.24, 2.45) is 4.99 Å². The quantitative estimate of drug-likeness (QED) is 0.514. The average molecular weight is 400 g/mol. The number of alkyl halides is 3. The van der Waals surface area contributed by atoms with Crippen LogP contribution < -0.4 is 5.56 Å². The van der Waals surface area contributed by atoms with Crippen LogP contribution >= 0.6 is 0 Å². The highest BCUT2D eigenvalue weighted by Gasteiger charge is 2.35. The number of nitrogens with zero attached hydrogens (tertiary/aromatic N) is 5. The summed E-state index contributed by atoms with van der Waals surface area (Å²) in [4.78, 5) is 24.0. The van der Waals surface area contributed by atoms with Crippen molar-refractivity contribution < 1.29 is 18.3 Å². The normalized spacial score (nSPS) is 12.1. The van der Waals surface area contributed by atoms with E-state index in [0.717, 1.165) is 10.8 Å². The number of rotatable bonds is 3. The number of pyridine rings is 2. The van der Waals surface area contributed by atoms with Gasteiger partial charge in [-0.15, -0.1) is 5.10 Å². The third-order valence-corrected chi connectivity index (χ3v) is 4.03. The lowest BCUT2D eigenvalue weighted by molar-refractivity contribution is -0.144. The standard InChI is InChI=1S/C18H11F3N6O2/c19-18(20,21)16-24-17(26-25-16)23-9-12-10-5-1-2-6-11(10)14(28)27(15(12)29)13-7-3-4-8-22-13/h1-9,29H,(H,24,25,26)/b23-9+. The van der Waals surface area contributed by atoms with Crippen molar-refractivity contribution >= 4 is 22.9 Å². The van der Waals surface area contributed by atoms with E-state index in [0.29, 0.717) is 5.39 Å². The van der Waals surface area contributed by atoms with E-state index in [1.807, 2.05) is 0 Å². The lowest BCUT2D eigenvalue weighted by atomic mass is 10.1. The zero-order valence-electron chi connectivity index (χ0n) is 14.4. The fraction of sp³-hybridized carbons (Fsp3) is 0.0556. The molecule has 8 nitrogen and oxygen atoms in total. The van der Waals surface area contributed by atoms with E-state index in [1.165, 1.54) is 12.3 Å². The first-order valence-electron chi connectivity index (χ1n) is 8.18. The molecule has 0 aliphatic heterocycles. The van der Waals surface area contributed by atoms with E-state index in [2.05, 4.69) is 20.1 Å². The van der Waals surface area contributed by atoms with E-state index >= 15 is 0 Å². The van der Waals surface area contributed by atoms with Crippen molar-refractivity contribution in [3.05, 3.63) is 70.4 Å². The van der Waals surface area contributed by atoms with Crippen molar-refractivity contribution in [3.8, 4) is 11.7 Å². The number of aromatic hydroxyl groups is 1. The molecule has 0 fully saturated rings. The fourth-order valence-corrected chi connectivity index (χ4v) is 2.75. The minimum absolute atomic E-state index is 0.101. The Balaban J connectivity index is 1.90. The largest absolute Gasteiger partial charge is 0.494 e. The smallest absolute Gasteiger partial charge is 0.451 e. The summed E-state index contributed by atoms with van der Waals surface area (Å²) in [6.07, 6.45) is -2.14. The number of H-pyrrole nitrogens is 1. The van der Waals surface area contributed by atoms with Crippen LogP contribution in [0.25, 0.3) is 16.6 Å². The van der Waals surface area contributed by atoms with Crippen LogP contribution in [0.3, 0.4) is 0 Å². The van der Waals surface area contributed by atoms with Crippen LogP contribution in [-0.2, 0) is 6.18 Å². The topological polar surface area (TPSA) is 109 Å². The number of aromatic nitrogens is 5. The number of fused-ring (bicyclic) bond motifs is 1. The van der Waals surface area contributed by atoms with E-state index in [-0.39, 0.29) is 16.8 Å². The molecule has 2 N–H and O–H groups in total. The van der Waals surface area contributed by atoms with Gasteiger partial charge in [0.2, 0.25) is 11.7 Å². The fourth-order valence-electron chi connectivity index (χ4n) is 2.75. The lowest BCUT2D eigenvalue weighted by Crippen LogP contribution is -2.20. The molecule has 0 aliphatic rings. The SMILES string of the molecule is O=c1c2ccccc2c(/C=N/c2n[nH]c(C(F)(F)F)n2)c(O)n1-c1ccccn1. The van der Waals surface area contributed by atoms with Crippen LogP contribution in [0, 0.1) is 0 Å². The number of hydrogen-bond donors (Lipinski definition) is 2. The highest BCUT2D eigenvalue weighted by molar-refractivity contribution is 6.02. The molecule has 0 aliphatic carbocycles. The number of halogens is 3. The number of aliphatic imine (C=N–C) groups is 1. The van der Waals surface area contributed by atoms with Crippen molar-refractivity contribution in [3.63, 3.8) is 0 Å². The Morgan fingerprint density at radius 3 is 2.48 bits per heavy atom. The third-order valence-electron chi connectivity index (χ3n) is 4.03. The Bertz CT molecular complexity index is 1280. The van der Waals surface area contributed by atoms with Gasteiger partial charge in [0.15, 0.2) is 0 Å². The molecular formula is C18H11F3N6O2. The predicted molar refractivity (Wildman–Crippen MR) is 97.6 cm³/mol. The molecule has 1 aromatic carbocycles. The first-order chi connectivity index (χ1) is 13.9. The molecule has 11 heteroatoms. The highest BCUT2D eigenvalue weighted by atomic mass is 19.4. The van der Waals surface area contributed by atoms with Crippen LogP contribution in [0.1, 0.15) is 11.4 Å². The molecule has 0 saturated carbocycles. The Morgan fingerprint density at radius 2 is 1.83 bits per heavy atom. The zero-order chi connectivity index (χ0) is 20.6. The van der Waals surface area contributed by atoms with Gasteiger partial charge in [0, 0.05) is 23.2 Å². The molecule has 3 aromatic heterocycles. The molecule has 0 atom stereocenters. The molecular weight excluding hydrogens is 389 g/mol. The molecule has 0 bridgehead atoms. The summed E-state index contributed by atoms with van der Waals surface area (Å²) in [6.45, 7) is 0. The summed E-state index contributed by atoms with van der Waals surface area (Å²) in [7, 11) is 0. The highest BCUT2D eigenvalue weighted by Crippen LogP contribution is 2.28. The Kier molecular flexibility index (Phi) is 4.34. The van der Waals surface area contributed by atoms with Gasteiger partial charge in [-0.05, 0) is 18.2 Å². The van der Waals surface area contributed by atoms with Crippen molar-refractivity contribution in [1.29, 1.82) is 0 Å². The van der Waals surface area contributed by atoms with Crippen molar-refractivity contribution in [2.75, 3.05) is 0 Å². The molecule has 0 amide bonds. The van der Waals surface area contributed by atoms with Crippen LogP contribution in [0.4, 0.5) is 19.1 Å². The maximum absolute atomic E-state index is 12.9. The molecule has 146 valence electrons. The van der Waals surface area contributed by atoms with Crippen molar-refractivity contribution in [1.82, 2.24) is 24.7 Å². The van der Waals surface area contributed by atoms with Gasteiger partial charge >= 0.3 is 6.18 Å². The monoisotopic (exact) mass is 400 g/mol. The van der Waals surface area contributed by atoms with E-state index in [4.69, 9.17) is 0 Å². The van der Waals surface area contributed by atoms with Crippen LogP contribution in [0.15, 0.2) is 58.4 Å². The molecule has 0 saturated heterocycles. The van der Waals surface area contributed by atoms with E-state index < -0.39 is 29.4 Å². The summed E-state index contributed by atoms with van der Waals surface area (Å²) in [5.74, 6) is -2.07. The van der Waals surface area contributed by atoms with Gasteiger partial charge < -0.3 is 5.11 Å². The molecule has 3 heterocycles. The predicted octanol–water partition coefficient (Wildman–Crippen LogP) is 2.98. The number of hydrogen-bond acceptors (Lipinski definition) is 6. The summed E-state index contributed by atoms with van der Waals surface area (Å²) in [5.41, 5.74) is -0.407. The second-order valence-corrected chi connectivity index (χ2v) is 5.85. The van der Waals surface area contributed by atoms with Gasteiger partial charge in [0.05, 0.1) is 5.56 Å². The maximum Gasteiger partial charge on any atom is 0.451 e. The minimum Gasteiger partial charge on any atom is -0.494 e. The van der Waals surface area contributed by atoms with Crippen LogP contribution in [0.5, 0.6) is 5.88 Å². The summed E-state index contributed by atoms with van der Waals surface area (Å²) < 4.78 is 38.9. The maximum atomic E-state index is 12.9. The number of benzene rings is 1.